The van der Waals surface area contributed by atoms with Gasteiger partial charge in [-0.2, -0.15) is 0 Å². The number of aromatic nitrogens is 1. The van der Waals surface area contributed by atoms with E-state index in [0.29, 0.717) is 30.9 Å². The second kappa shape index (κ2) is 10.1. The van der Waals surface area contributed by atoms with E-state index in [0.717, 1.165) is 12.2 Å². The molecule has 0 aliphatic heterocycles. The Balaban J connectivity index is 1.44. The Morgan fingerprint density at radius 1 is 1.10 bits per heavy atom. The lowest BCUT2D eigenvalue weighted by Gasteiger charge is -2.09. The second-order valence-electron chi connectivity index (χ2n) is 6.95. The summed E-state index contributed by atoms with van der Waals surface area (Å²) in [6.07, 6.45) is 1.83. The minimum atomic E-state index is -3.80. The molecule has 2 N–H and O–H groups in total. The number of benzene rings is 2. The third-order valence-corrected chi connectivity index (χ3v) is 5.83. The molecule has 1 aromatic heterocycles. The highest BCUT2D eigenvalue weighted by atomic mass is 32.2. The van der Waals surface area contributed by atoms with Gasteiger partial charge < -0.3 is 14.6 Å². The van der Waals surface area contributed by atoms with Crippen LogP contribution in [0.25, 0.3) is 0 Å². The van der Waals surface area contributed by atoms with Gasteiger partial charge in [-0.1, -0.05) is 24.2 Å². The number of nitrogens with one attached hydrogen (secondary N) is 2. The number of rotatable bonds is 10. The molecular formula is C22H25N3O5S. The molecule has 0 bridgehead atoms. The molecule has 0 saturated heterocycles. The first-order valence-corrected chi connectivity index (χ1v) is 11.4. The van der Waals surface area contributed by atoms with Gasteiger partial charge in [0.15, 0.2) is 5.82 Å². The normalized spacial score (nSPS) is 11.2. The molecule has 0 unspecified atom stereocenters. The Morgan fingerprint density at radius 2 is 1.81 bits per heavy atom. The summed E-state index contributed by atoms with van der Waals surface area (Å²) in [5, 5.41) is 6.36. The van der Waals surface area contributed by atoms with Crippen LogP contribution in [0.1, 0.15) is 31.1 Å². The Bertz CT molecular complexity index is 1110. The van der Waals surface area contributed by atoms with E-state index in [-0.39, 0.29) is 16.6 Å². The third-order valence-electron chi connectivity index (χ3n) is 4.46. The molecule has 8 nitrogen and oxygen atoms in total. The largest absolute Gasteiger partial charge is 0.494 e. The Kier molecular flexibility index (Phi) is 7.30. The summed E-state index contributed by atoms with van der Waals surface area (Å²) in [4.78, 5) is 12.2. The van der Waals surface area contributed by atoms with Gasteiger partial charge in [0.2, 0.25) is 5.91 Å². The molecule has 9 heteroatoms. The second-order valence-corrected chi connectivity index (χ2v) is 8.63. The van der Waals surface area contributed by atoms with Crippen LogP contribution in [0, 0.1) is 6.92 Å². The van der Waals surface area contributed by atoms with Crippen LogP contribution in [0.4, 0.5) is 11.5 Å². The Labute approximate surface area is 181 Å². The lowest BCUT2D eigenvalue weighted by Crippen LogP contribution is -2.14. The van der Waals surface area contributed by atoms with Crippen molar-refractivity contribution >= 4 is 27.4 Å². The Morgan fingerprint density at radius 3 is 2.42 bits per heavy atom. The highest BCUT2D eigenvalue weighted by Gasteiger charge is 2.16. The highest BCUT2D eigenvalue weighted by Crippen LogP contribution is 2.18. The van der Waals surface area contributed by atoms with Crippen LogP contribution < -0.4 is 14.8 Å². The SMILES string of the molecule is CCc1ccc(OCCCC(=O)Nc2ccc(S(=O)(=O)Nc3cc(C)on3)cc2)cc1. The molecule has 2 aromatic carbocycles. The molecule has 0 fully saturated rings. The fraction of sp³-hybridized carbons (Fsp3) is 0.273. The molecule has 164 valence electrons. The van der Waals surface area contributed by atoms with Crippen molar-refractivity contribution in [3.63, 3.8) is 0 Å². The van der Waals surface area contributed by atoms with E-state index in [1.54, 1.807) is 6.92 Å². The summed E-state index contributed by atoms with van der Waals surface area (Å²) < 4.78 is 37.6. The molecule has 0 aliphatic rings. The van der Waals surface area contributed by atoms with E-state index in [4.69, 9.17) is 9.26 Å². The zero-order valence-corrected chi connectivity index (χ0v) is 18.2. The maximum absolute atomic E-state index is 12.4. The summed E-state index contributed by atoms with van der Waals surface area (Å²) in [6.45, 7) is 4.19. The summed E-state index contributed by atoms with van der Waals surface area (Å²) in [5.41, 5.74) is 1.76. The first-order chi connectivity index (χ1) is 14.9. The summed E-state index contributed by atoms with van der Waals surface area (Å²) in [5.74, 6) is 1.22. The lowest BCUT2D eigenvalue weighted by molar-refractivity contribution is -0.116. The van der Waals surface area contributed by atoms with E-state index in [2.05, 4.69) is 22.1 Å². The zero-order valence-electron chi connectivity index (χ0n) is 17.4. The van der Waals surface area contributed by atoms with Crippen molar-refractivity contribution in [2.24, 2.45) is 0 Å². The van der Waals surface area contributed by atoms with Crippen molar-refractivity contribution in [3.8, 4) is 5.75 Å². The molecule has 0 radical (unpaired) electrons. The van der Waals surface area contributed by atoms with Gasteiger partial charge in [0.05, 0.1) is 11.5 Å². The predicted molar refractivity (Wildman–Crippen MR) is 118 cm³/mol. The maximum atomic E-state index is 12.4. The van der Waals surface area contributed by atoms with Crippen molar-refractivity contribution in [2.45, 2.75) is 38.0 Å². The lowest BCUT2D eigenvalue weighted by atomic mass is 10.2. The fourth-order valence-electron chi connectivity index (χ4n) is 2.80. The van der Waals surface area contributed by atoms with Crippen molar-refractivity contribution in [1.82, 2.24) is 5.16 Å². The number of ether oxygens (including phenoxy) is 1. The average molecular weight is 444 g/mol. The first kappa shape index (κ1) is 22.4. The summed E-state index contributed by atoms with van der Waals surface area (Å²) >= 11 is 0. The van der Waals surface area contributed by atoms with Crippen LogP contribution in [0.3, 0.4) is 0 Å². The molecule has 1 amide bonds. The van der Waals surface area contributed by atoms with E-state index in [9.17, 15) is 13.2 Å². The number of aryl methyl sites for hydroxylation is 2. The zero-order chi connectivity index (χ0) is 22.3. The van der Waals surface area contributed by atoms with Crippen LogP contribution >= 0.6 is 0 Å². The molecule has 31 heavy (non-hydrogen) atoms. The number of carbonyl (C=O) groups excluding carboxylic acids is 1. The van der Waals surface area contributed by atoms with Gasteiger partial charge in [-0.25, -0.2) is 8.42 Å². The van der Waals surface area contributed by atoms with Crippen LogP contribution in [0.2, 0.25) is 0 Å². The number of sulfonamides is 1. The summed E-state index contributed by atoms with van der Waals surface area (Å²) in [6, 6.07) is 15.3. The first-order valence-electron chi connectivity index (χ1n) is 9.93. The minimum absolute atomic E-state index is 0.0497. The minimum Gasteiger partial charge on any atom is -0.494 e. The highest BCUT2D eigenvalue weighted by molar-refractivity contribution is 7.92. The smallest absolute Gasteiger partial charge is 0.263 e. The molecular weight excluding hydrogens is 418 g/mol. The molecule has 0 aliphatic carbocycles. The van der Waals surface area contributed by atoms with Gasteiger partial charge in [-0.05, 0) is 61.7 Å². The van der Waals surface area contributed by atoms with Gasteiger partial charge in [0.25, 0.3) is 10.0 Å². The molecule has 3 aromatic rings. The monoisotopic (exact) mass is 443 g/mol. The fourth-order valence-corrected chi connectivity index (χ4v) is 3.78. The van der Waals surface area contributed by atoms with Gasteiger partial charge in [-0.15, -0.1) is 0 Å². The predicted octanol–water partition coefficient (Wildman–Crippen LogP) is 4.14. The number of hydrogen-bond acceptors (Lipinski definition) is 6. The standard InChI is InChI=1S/C22H25N3O5S/c1-3-17-6-10-19(11-7-17)29-14-4-5-22(26)23-18-8-12-20(13-9-18)31(27,28)25-21-15-16(2)30-24-21/h6-13,15H,3-5,14H2,1-2H3,(H,23,26)(H,24,25). The molecule has 1 heterocycles. The number of carbonyl (C=O) groups is 1. The van der Waals surface area contributed by atoms with E-state index in [1.165, 1.54) is 35.9 Å². The van der Waals surface area contributed by atoms with Crippen molar-refractivity contribution < 1.29 is 22.5 Å². The van der Waals surface area contributed by atoms with Crippen molar-refractivity contribution in [1.29, 1.82) is 0 Å². The number of amides is 1. The van der Waals surface area contributed by atoms with Gasteiger partial charge >= 0.3 is 0 Å². The van der Waals surface area contributed by atoms with Crippen LogP contribution in [-0.2, 0) is 21.2 Å². The third kappa shape index (κ3) is 6.58. The van der Waals surface area contributed by atoms with Gasteiger partial charge in [0, 0.05) is 18.2 Å². The molecule has 3 rings (SSSR count). The van der Waals surface area contributed by atoms with Crippen molar-refractivity contribution in [2.75, 3.05) is 16.6 Å². The van der Waals surface area contributed by atoms with Crippen LogP contribution in [0.15, 0.2) is 64.0 Å². The molecule has 0 saturated carbocycles. The van der Waals surface area contributed by atoms with E-state index >= 15 is 0 Å². The molecule has 0 atom stereocenters. The van der Waals surface area contributed by atoms with Gasteiger partial charge in [0.1, 0.15) is 11.5 Å². The quantitative estimate of drug-likeness (QED) is 0.456. The number of nitrogens with zero attached hydrogens (tertiary/aromatic N) is 1. The number of anilines is 2. The van der Waals surface area contributed by atoms with Crippen LogP contribution in [-0.4, -0.2) is 26.1 Å². The Hall–Kier alpha value is -3.33. The average Bonchev–Trinajstić information content (AvgIpc) is 3.16. The number of hydrogen-bond donors (Lipinski definition) is 2. The van der Waals surface area contributed by atoms with E-state index in [1.807, 2.05) is 24.3 Å². The molecule has 0 spiro atoms. The van der Waals surface area contributed by atoms with Crippen LogP contribution in [0.5, 0.6) is 5.75 Å². The summed E-state index contributed by atoms with van der Waals surface area (Å²) in [7, 11) is -3.80. The van der Waals surface area contributed by atoms with E-state index < -0.39 is 10.0 Å². The van der Waals surface area contributed by atoms with Crippen molar-refractivity contribution in [3.05, 3.63) is 65.9 Å². The topological polar surface area (TPSA) is 111 Å². The van der Waals surface area contributed by atoms with Gasteiger partial charge in [-0.3, -0.25) is 9.52 Å². The maximum Gasteiger partial charge on any atom is 0.263 e.